The van der Waals surface area contributed by atoms with Crippen LogP contribution >= 0.6 is 0 Å². The van der Waals surface area contributed by atoms with Crippen molar-refractivity contribution in [1.82, 2.24) is 10.2 Å². The number of ether oxygens (including phenoxy) is 2. The zero-order valence-corrected chi connectivity index (χ0v) is 14.0. The van der Waals surface area contributed by atoms with Crippen LogP contribution in [-0.2, 0) is 15.9 Å². The van der Waals surface area contributed by atoms with Crippen LogP contribution in [0.2, 0.25) is 0 Å². The van der Waals surface area contributed by atoms with Crippen LogP contribution in [0.15, 0.2) is 30.3 Å². The van der Waals surface area contributed by atoms with Gasteiger partial charge in [0.2, 0.25) is 0 Å². The number of benzene rings is 1. The van der Waals surface area contributed by atoms with Crippen molar-refractivity contribution in [2.75, 3.05) is 32.8 Å². The van der Waals surface area contributed by atoms with Crippen molar-refractivity contribution >= 4 is 6.03 Å². The van der Waals surface area contributed by atoms with Crippen LogP contribution < -0.4 is 5.32 Å². The fourth-order valence-corrected chi connectivity index (χ4v) is 3.07. The van der Waals surface area contributed by atoms with Gasteiger partial charge in [0.05, 0.1) is 18.6 Å². The van der Waals surface area contributed by atoms with E-state index in [9.17, 15) is 4.79 Å². The van der Waals surface area contributed by atoms with Gasteiger partial charge in [-0.15, -0.1) is 0 Å². The van der Waals surface area contributed by atoms with Crippen LogP contribution in [0.5, 0.6) is 0 Å². The minimum absolute atomic E-state index is 0.00308. The molecule has 2 fully saturated rings. The van der Waals surface area contributed by atoms with Crippen LogP contribution in [0.1, 0.15) is 25.8 Å². The molecule has 2 amide bonds. The highest BCUT2D eigenvalue weighted by Crippen LogP contribution is 2.37. The standard InChI is InChI=1S/C18H26N2O3/c1-17(2)22-13-18(14-23-17)11-20(12-18)16(21)19-10-6-9-15-7-4-3-5-8-15/h3-5,7-8H,6,9-14H2,1-2H3,(H,19,21). The van der Waals surface area contributed by atoms with Crippen LogP contribution in [-0.4, -0.2) is 49.6 Å². The lowest BCUT2D eigenvalue weighted by Crippen LogP contribution is -2.67. The number of rotatable bonds is 4. The van der Waals surface area contributed by atoms with E-state index in [4.69, 9.17) is 9.47 Å². The molecular formula is C18H26N2O3. The van der Waals surface area contributed by atoms with E-state index in [0.29, 0.717) is 32.8 Å². The van der Waals surface area contributed by atoms with Gasteiger partial charge in [0.1, 0.15) is 0 Å². The highest BCUT2D eigenvalue weighted by atomic mass is 16.7. The number of hydrogen-bond acceptors (Lipinski definition) is 3. The van der Waals surface area contributed by atoms with Crippen molar-refractivity contribution in [1.29, 1.82) is 0 Å². The van der Waals surface area contributed by atoms with Gasteiger partial charge in [0.25, 0.3) is 0 Å². The van der Waals surface area contributed by atoms with E-state index in [1.165, 1.54) is 5.56 Å². The second-order valence-corrected chi connectivity index (χ2v) is 7.15. The van der Waals surface area contributed by atoms with Crippen molar-refractivity contribution < 1.29 is 14.3 Å². The molecule has 5 heteroatoms. The fourth-order valence-electron chi connectivity index (χ4n) is 3.07. The molecule has 0 aliphatic carbocycles. The number of carbonyl (C=O) groups excluding carboxylic acids is 1. The molecule has 0 aromatic heterocycles. The molecule has 2 aliphatic rings. The molecule has 1 spiro atoms. The van der Waals surface area contributed by atoms with E-state index in [-0.39, 0.29) is 11.4 Å². The Morgan fingerprint density at radius 2 is 1.83 bits per heavy atom. The molecule has 2 saturated heterocycles. The van der Waals surface area contributed by atoms with E-state index >= 15 is 0 Å². The molecule has 3 rings (SSSR count). The van der Waals surface area contributed by atoms with Crippen molar-refractivity contribution in [2.45, 2.75) is 32.5 Å². The summed E-state index contributed by atoms with van der Waals surface area (Å²) in [6.07, 6.45) is 1.94. The first kappa shape index (κ1) is 16.3. The van der Waals surface area contributed by atoms with Crippen LogP contribution in [0.4, 0.5) is 4.79 Å². The Kier molecular flexibility index (Phi) is 4.60. The van der Waals surface area contributed by atoms with Gasteiger partial charge >= 0.3 is 6.03 Å². The Balaban J connectivity index is 1.33. The van der Waals surface area contributed by atoms with E-state index in [1.807, 2.05) is 36.9 Å². The van der Waals surface area contributed by atoms with Gasteiger partial charge < -0.3 is 19.7 Å². The maximum atomic E-state index is 12.1. The second-order valence-electron chi connectivity index (χ2n) is 7.15. The summed E-state index contributed by atoms with van der Waals surface area (Å²) in [6, 6.07) is 10.4. The van der Waals surface area contributed by atoms with Crippen LogP contribution in [0, 0.1) is 5.41 Å². The molecule has 2 heterocycles. The van der Waals surface area contributed by atoms with Crippen molar-refractivity contribution in [3.8, 4) is 0 Å². The molecule has 0 saturated carbocycles. The second kappa shape index (κ2) is 6.49. The van der Waals surface area contributed by atoms with Crippen molar-refractivity contribution in [2.24, 2.45) is 5.41 Å². The lowest BCUT2D eigenvalue weighted by Gasteiger charge is -2.53. The Bertz CT molecular complexity index is 526. The SMILES string of the molecule is CC1(C)OCC2(CO1)CN(C(=O)NCCCc1ccccc1)C2. The average molecular weight is 318 g/mol. The van der Waals surface area contributed by atoms with Gasteiger partial charge in [-0.05, 0) is 32.3 Å². The first-order valence-electron chi connectivity index (χ1n) is 8.33. The van der Waals surface area contributed by atoms with Crippen LogP contribution in [0.25, 0.3) is 0 Å². The highest BCUT2D eigenvalue weighted by molar-refractivity contribution is 5.75. The number of amides is 2. The molecule has 23 heavy (non-hydrogen) atoms. The maximum absolute atomic E-state index is 12.1. The predicted octanol–water partition coefficient (Wildman–Crippen LogP) is 2.41. The molecular weight excluding hydrogens is 292 g/mol. The van der Waals surface area contributed by atoms with Gasteiger partial charge in [0.15, 0.2) is 5.79 Å². The van der Waals surface area contributed by atoms with E-state index in [0.717, 1.165) is 12.8 Å². The summed E-state index contributed by atoms with van der Waals surface area (Å²) >= 11 is 0. The van der Waals surface area contributed by atoms with E-state index < -0.39 is 5.79 Å². The van der Waals surface area contributed by atoms with Crippen LogP contribution in [0.3, 0.4) is 0 Å². The average Bonchev–Trinajstić information content (AvgIpc) is 2.51. The predicted molar refractivity (Wildman–Crippen MR) is 88.2 cm³/mol. The highest BCUT2D eigenvalue weighted by Gasteiger charge is 2.50. The molecule has 1 aromatic carbocycles. The summed E-state index contributed by atoms with van der Waals surface area (Å²) in [5.74, 6) is -0.495. The van der Waals surface area contributed by atoms with Gasteiger partial charge in [-0.25, -0.2) is 4.79 Å². The Morgan fingerprint density at radius 1 is 1.17 bits per heavy atom. The molecule has 5 nitrogen and oxygen atoms in total. The topological polar surface area (TPSA) is 50.8 Å². The molecule has 0 radical (unpaired) electrons. The van der Waals surface area contributed by atoms with Gasteiger partial charge in [-0.2, -0.15) is 0 Å². The minimum atomic E-state index is -0.495. The molecule has 1 N–H and O–H groups in total. The van der Waals surface area contributed by atoms with Gasteiger partial charge in [-0.3, -0.25) is 0 Å². The largest absolute Gasteiger partial charge is 0.350 e. The summed E-state index contributed by atoms with van der Waals surface area (Å²) < 4.78 is 11.4. The van der Waals surface area contributed by atoms with E-state index in [2.05, 4.69) is 17.4 Å². The molecule has 0 unspecified atom stereocenters. The third-order valence-corrected chi connectivity index (χ3v) is 4.55. The lowest BCUT2D eigenvalue weighted by molar-refractivity contribution is -0.301. The minimum Gasteiger partial charge on any atom is -0.350 e. The Labute approximate surface area is 137 Å². The van der Waals surface area contributed by atoms with Crippen molar-refractivity contribution in [3.05, 3.63) is 35.9 Å². The lowest BCUT2D eigenvalue weighted by atomic mass is 9.81. The normalized spacial score (nSPS) is 21.7. The molecule has 0 bridgehead atoms. The number of likely N-dealkylation sites (tertiary alicyclic amines) is 1. The number of nitrogens with zero attached hydrogens (tertiary/aromatic N) is 1. The molecule has 0 atom stereocenters. The first-order chi connectivity index (χ1) is 11.0. The number of hydrogen-bond donors (Lipinski definition) is 1. The fraction of sp³-hybridized carbons (Fsp3) is 0.611. The summed E-state index contributed by atoms with van der Waals surface area (Å²) in [5, 5.41) is 3.00. The monoisotopic (exact) mass is 318 g/mol. The summed E-state index contributed by atoms with van der Waals surface area (Å²) in [7, 11) is 0. The summed E-state index contributed by atoms with van der Waals surface area (Å²) in [4.78, 5) is 14.0. The van der Waals surface area contributed by atoms with Gasteiger partial charge in [0, 0.05) is 19.6 Å². The third kappa shape index (κ3) is 4.03. The molecule has 126 valence electrons. The summed E-state index contributed by atoms with van der Waals surface area (Å²) in [6.45, 7) is 7.32. The number of carbonyl (C=O) groups is 1. The maximum Gasteiger partial charge on any atom is 0.317 e. The molecule has 1 aromatic rings. The quantitative estimate of drug-likeness (QED) is 0.868. The summed E-state index contributed by atoms with van der Waals surface area (Å²) in [5.41, 5.74) is 1.31. The number of aryl methyl sites for hydroxylation is 1. The zero-order valence-electron chi connectivity index (χ0n) is 14.0. The van der Waals surface area contributed by atoms with Crippen molar-refractivity contribution in [3.63, 3.8) is 0 Å². The number of urea groups is 1. The Hall–Kier alpha value is -1.59. The smallest absolute Gasteiger partial charge is 0.317 e. The van der Waals surface area contributed by atoms with Gasteiger partial charge in [-0.1, -0.05) is 30.3 Å². The first-order valence-corrected chi connectivity index (χ1v) is 8.33. The van der Waals surface area contributed by atoms with E-state index in [1.54, 1.807) is 0 Å². The Morgan fingerprint density at radius 3 is 2.48 bits per heavy atom. The molecule has 2 aliphatic heterocycles. The number of nitrogens with one attached hydrogen (secondary N) is 1. The third-order valence-electron chi connectivity index (χ3n) is 4.55. The zero-order chi connectivity index (χ0) is 16.3.